The van der Waals surface area contributed by atoms with E-state index in [1.54, 1.807) is 0 Å². The van der Waals surface area contributed by atoms with Gasteiger partial charge in [0.2, 0.25) is 5.56 Å². The van der Waals surface area contributed by atoms with Crippen molar-refractivity contribution in [3.8, 4) is 0 Å². The van der Waals surface area contributed by atoms with Crippen LogP contribution in [0.1, 0.15) is 22.8 Å². The van der Waals surface area contributed by atoms with Crippen molar-refractivity contribution >= 4 is 11.6 Å². The van der Waals surface area contributed by atoms with Crippen molar-refractivity contribution in [2.45, 2.75) is 13.3 Å². The lowest BCUT2D eigenvalue weighted by molar-refractivity contribution is 0.102. The molecule has 0 aliphatic rings. The molecule has 18 heavy (non-hydrogen) atoms. The van der Waals surface area contributed by atoms with Gasteiger partial charge in [0.15, 0.2) is 0 Å². The predicted molar refractivity (Wildman–Crippen MR) is 70.8 cm³/mol. The largest absolute Gasteiger partial charge is 0.328 e. The van der Waals surface area contributed by atoms with Gasteiger partial charge in [-0.25, -0.2) is 0 Å². The zero-order valence-electron chi connectivity index (χ0n) is 10.1. The quantitative estimate of drug-likeness (QED) is 0.866. The Labute approximate surface area is 105 Å². The number of benzene rings is 1. The monoisotopic (exact) mass is 242 g/mol. The summed E-state index contributed by atoms with van der Waals surface area (Å²) in [4.78, 5) is 25.3. The number of hydrogen-bond donors (Lipinski definition) is 2. The van der Waals surface area contributed by atoms with E-state index in [9.17, 15) is 9.59 Å². The fraction of sp³-hybridized carbons (Fsp3) is 0.143. The predicted octanol–water partition coefficient (Wildman–Crippen LogP) is 2.19. The number of aromatic amines is 1. The second-order valence-corrected chi connectivity index (χ2v) is 3.95. The van der Waals surface area contributed by atoms with E-state index in [1.807, 2.05) is 24.3 Å². The van der Waals surface area contributed by atoms with Crippen molar-refractivity contribution in [3.05, 3.63) is 64.1 Å². The van der Waals surface area contributed by atoms with Gasteiger partial charge in [-0.2, -0.15) is 0 Å². The number of H-pyrrole nitrogens is 1. The first-order valence-corrected chi connectivity index (χ1v) is 5.78. The Morgan fingerprint density at radius 2 is 2.11 bits per heavy atom. The van der Waals surface area contributed by atoms with Gasteiger partial charge in [0.1, 0.15) is 0 Å². The average molecular weight is 242 g/mol. The highest BCUT2D eigenvalue weighted by molar-refractivity contribution is 6.04. The molecule has 2 N–H and O–H groups in total. The van der Waals surface area contributed by atoms with Gasteiger partial charge in [-0.05, 0) is 30.2 Å². The van der Waals surface area contributed by atoms with Crippen LogP contribution in [0.5, 0.6) is 0 Å². The SMILES string of the molecule is CCc1cccc(NC(=O)c2ccc(=O)[nH]c2)c1. The van der Waals surface area contributed by atoms with Crippen molar-refractivity contribution in [3.63, 3.8) is 0 Å². The normalized spacial score (nSPS) is 10.1. The molecule has 0 fully saturated rings. The molecule has 0 saturated heterocycles. The smallest absolute Gasteiger partial charge is 0.257 e. The molecule has 0 unspecified atom stereocenters. The third-order valence-corrected chi connectivity index (χ3v) is 2.64. The van der Waals surface area contributed by atoms with Crippen molar-refractivity contribution in [2.24, 2.45) is 0 Å². The molecule has 0 bridgehead atoms. The summed E-state index contributed by atoms with van der Waals surface area (Å²) >= 11 is 0. The molecule has 4 nitrogen and oxygen atoms in total. The summed E-state index contributed by atoms with van der Waals surface area (Å²) in [5.41, 5.74) is 2.12. The highest BCUT2D eigenvalue weighted by Crippen LogP contribution is 2.12. The van der Waals surface area contributed by atoms with E-state index >= 15 is 0 Å². The van der Waals surface area contributed by atoms with Crippen LogP contribution in [0.2, 0.25) is 0 Å². The van der Waals surface area contributed by atoms with E-state index in [-0.39, 0.29) is 11.5 Å². The lowest BCUT2D eigenvalue weighted by Crippen LogP contribution is -2.14. The Hall–Kier alpha value is -2.36. The van der Waals surface area contributed by atoms with Gasteiger partial charge in [0, 0.05) is 18.0 Å². The van der Waals surface area contributed by atoms with Gasteiger partial charge >= 0.3 is 0 Å². The fourth-order valence-corrected chi connectivity index (χ4v) is 1.62. The molecule has 4 heteroatoms. The van der Waals surface area contributed by atoms with Crippen LogP contribution < -0.4 is 10.9 Å². The van der Waals surface area contributed by atoms with Gasteiger partial charge < -0.3 is 10.3 Å². The van der Waals surface area contributed by atoms with Crippen molar-refractivity contribution in [2.75, 3.05) is 5.32 Å². The minimum atomic E-state index is -0.237. The summed E-state index contributed by atoms with van der Waals surface area (Å²) in [6.45, 7) is 2.06. The number of aryl methyl sites for hydroxylation is 1. The number of amides is 1. The van der Waals surface area contributed by atoms with Crippen LogP contribution in [0.25, 0.3) is 0 Å². The Kier molecular flexibility index (Phi) is 3.57. The minimum absolute atomic E-state index is 0.223. The maximum Gasteiger partial charge on any atom is 0.257 e. The van der Waals surface area contributed by atoms with Gasteiger partial charge in [-0.3, -0.25) is 9.59 Å². The Bertz CT molecular complexity index is 597. The van der Waals surface area contributed by atoms with E-state index in [1.165, 1.54) is 18.3 Å². The van der Waals surface area contributed by atoms with Crippen LogP contribution >= 0.6 is 0 Å². The zero-order valence-corrected chi connectivity index (χ0v) is 10.1. The van der Waals surface area contributed by atoms with Crippen LogP contribution in [0.15, 0.2) is 47.4 Å². The number of carbonyl (C=O) groups is 1. The highest BCUT2D eigenvalue weighted by Gasteiger charge is 2.05. The number of rotatable bonds is 3. The molecule has 2 rings (SSSR count). The number of carbonyl (C=O) groups excluding carboxylic acids is 1. The van der Waals surface area contributed by atoms with Crippen LogP contribution in [-0.4, -0.2) is 10.9 Å². The standard InChI is InChI=1S/C14H14N2O2/c1-2-10-4-3-5-12(8-10)16-14(18)11-6-7-13(17)15-9-11/h3-9H,2H2,1H3,(H,15,17)(H,16,18). The molecule has 0 atom stereocenters. The molecule has 1 aromatic carbocycles. The summed E-state index contributed by atoms with van der Waals surface area (Å²) in [5, 5.41) is 2.79. The molecular formula is C14H14N2O2. The zero-order chi connectivity index (χ0) is 13.0. The number of nitrogens with one attached hydrogen (secondary N) is 2. The molecule has 0 radical (unpaired) electrons. The highest BCUT2D eigenvalue weighted by atomic mass is 16.1. The summed E-state index contributed by atoms with van der Waals surface area (Å²) in [6.07, 6.45) is 2.32. The third-order valence-electron chi connectivity index (χ3n) is 2.64. The lowest BCUT2D eigenvalue weighted by Gasteiger charge is -2.06. The van der Waals surface area contributed by atoms with Crippen molar-refractivity contribution in [1.82, 2.24) is 4.98 Å². The summed E-state index contributed by atoms with van der Waals surface area (Å²) in [5.74, 6) is -0.237. The first-order valence-electron chi connectivity index (χ1n) is 5.78. The van der Waals surface area contributed by atoms with Gasteiger partial charge in [-0.15, -0.1) is 0 Å². The molecule has 0 aliphatic heterocycles. The molecule has 92 valence electrons. The topological polar surface area (TPSA) is 62.0 Å². The summed E-state index contributed by atoms with van der Waals surface area (Å²) < 4.78 is 0. The maximum atomic E-state index is 11.9. The maximum absolute atomic E-state index is 11.9. The van der Waals surface area contributed by atoms with Crippen LogP contribution in [-0.2, 0) is 6.42 Å². The first-order chi connectivity index (χ1) is 8.69. The van der Waals surface area contributed by atoms with Gasteiger partial charge in [-0.1, -0.05) is 19.1 Å². The van der Waals surface area contributed by atoms with Crippen LogP contribution in [0.4, 0.5) is 5.69 Å². The Morgan fingerprint density at radius 1 is 1.28 bits per heavy atom. The first kappa shape index (κ1) is 12.1. The number of pyridine rings is 1. The molecule has 0 aliphatic carbocycles. The van der Waals surface area contributed by atoms with Crippen LogP contribution in [0, 0.1) is 0 Å². The van der Waals surface area contributed by atoms with E-state index in [0.717, 1.165) is 17.7 Å². The summed E-state index contributed by atoms with van der Waals surface area (Å²) in [7, 11) is 0. The van der Waals surface area contributed by atoms with Gasteiger partial charge in [0.05, 0.1) is 5.56 Å². The number of aromatic nitrogens is 1. The molecule has 1 amide bonds. The molecule has 0 saturated carbocycles. The van der Waals surface area contributed by atoms with E-state index < -0.39 is 0 Å². The van der Waals surface area contributed by atoms with E-state index in [0.29, 0.717) is 5.56 Å². The summed E-state index contributed by atoms with van der Waals surface area (Å²) in [6, 6.07) is 10.5. The molecule has 1 aromatic heterocycles. The van der Waals surface area contributed by atoms with E-state index in [2.05, 4.69) is 17.2 Å². The second kappa shape index (κ2) is 5.31. The third kappa shape index (κ3) is 2.85. The number of hydrogen-bond acceptors (Lipinski definition) is 2. The van der Waals surface area contributed by atoms with Crippen LogP contribution in [0.3, 0.4) is 0 Å². The second-order valence-electron chi connectivity index (χ2n) is 3.95. The number of anilines is 1. The van der Waals surface area contributed by atoms with Gasteiger partial charge in [0.25, 0.3) is 5.91 Å². The minimum Gasteiger partial charge on any atom is -0.328 e. The fourth-order valence-electron chi connectivity index (χ4n) is 1.62. The molecule has 1 heterocycles. The van der Waals surface area contributed by atoms with E-state index in [4.69, 9.17) is 0 Å². The average Bonchev–Trinajstić information content (AvgIpc) is 2.39. The molecular weight excluding hydrogens is 228 g/mol. The lowest BCUT2D eigenvalue weighted by atomic mass is 10.1. The van der Waals surface area contributed by atoms with Crippen molar-refractivity contribution < 1.29 is 4.79 Å². The Balaban J connectivity index is 2.15. The molecule has 0 spiro atoms. The Morgan fingerprint density at radius 3 is 2.78 bits per heavy atom. The molecule has 2 aromatic rings. The van der Waals surface area contributed by atoms with Crippen molar-refractivity contribution in [1.29, 1.82) is 0 Å².